The molecule has 2 aliphatic heterocycles. The molecule has 1 spiro atoms. The van der Waals surface area contributed by atoms with E-state index < -0.39 is 5.41 Å². The average Bonchev–Trinajstić information content (AvgIpc) is 3.10. The number of piperidine rings is 1. The third kappa shape index (κ3) is 4.78. The SMILES string of the molecule is O=C(C#Cc1ccccc1)NCCN1CCC2(CC1)C(=O)NC[C@@H]2c1ccc(F)cc1. The Balaban J connectivity index is 1.28. The fraction of sp³-hybridized carbons (Fsp3) is 0.360. The lowest BCUT2D eigenvalue weighted by molar-refractivity contribution is -0.130. The maximum atomic E-state index is 13.3. The molecule has 2 heterocycles. The van der Waals surface area contributed by atoms with Crippen LogP contribution in [0.1, 0.15) is 29.9 Å². The Morgan fingerprint density at radius 1 is 1.13 bits per heavy atom. The summed E-state index contributed by atoms with van der Waals surface area (Å²) < 4.78 is 13.3. The number of rotatable bonds is 4. The van der Waals surface area contributed by atoms with E-state index in [0.29, 0.717) is 13.1 Å². The lowest BCUT2D eigenvalue weighted by atomic mass is 9.68. The van der Waals surface area contributed by atoms with Crippen molar-refractivity contribution in [2.75, 3.05) is 32.7 Å². The van der Waals surface area contributed by atoms with Crippen molar-refractivity contribution in [3.05, 3.63) is 71.5 Å². The van der Waals surface area contributed by atoms with E-state index in [4.69, 9.17) is 0 Å². The highest BCUT2D eigenvalue weighted by atomic mass is 19.1. The molecule has 0 aliphatic carbocycles. The molecule has 0 aromatic heterocycles. The zero-order valence-electron chi connectivity index (χ0n) is 17.4. The average molecular weight is 420 g/mol. The number of likely N-dealkylation sites (tertiary alicyclic amines) is 1. The van der Waals surface area contributed by atoms with E-state index in [9.17, 15) is 14.0 Å². The monoisotopic (exact) mass is 419 g/mol. The van der Waals surface area contributed by atoms with Crippen LogP contribution in [0.5, 0.6) is 0 Å². The minimum absolute atomic E-state index is 0.0655. The molecule has 0 bridgehead atoms. The van der Waals surface area contributed by atoms with Crippen molar-refractivity contribution in [2.45, 2.75) is 18.8 Å². The minimum Gasteiger partial charge on any atom is -0.355 e. The minimum atomic E-state index is -0.432. The van der Waals surface area contributed by atoms with Gasteiger partial charge in [-0.05, 0) is 55.8 Å². The lowest BCUT2D eigenvalue weighted by Crippen LogP contribution is -2.47. The first-order valence-electron chi connectivity index (χ1n) is 10.7. The van der Waals surface area contributed by atoms with E-state index in [1.54, 1.807) is 12.1 Å². The molecular formula is C25H26FN3O2. The molecule has 2 aliphatic rings. The molecule has 0 unspecified atom stereocenters. The number of benzene rings is 2. The normalized spacial score (nSPS) is 20.0. The number of hydrogen-bond donors (Lipinski definition) is 2. The van der Waals surface area contributed by atoms with Crippen molar-refractivity contribution >= 4 is 11.8 Å². The second-order valence-electron chi connectivity index (χ2n) is 8.18. The van der Waals surface area contributed by atoms with Crippen molar-refractivity contribution in [3.8, 4) is 11.8 Å². The van der Waals surface area contributed by atoms with Crippen molar-refractivity contribution in [1.29, 1.82) is 0 Å². The van der Waals surface area contributed by atoms with Crippen molar-refractivity contribution < 1.29 is 14.0 Å². The number of amides is 2. The molecule has 0 radical (unpaired) electrons. The Morgan fingerprint density at radius 2 is 1.84 bits per heavy atom. The first-order chi connectivity index (χ1) is 15.1. The van der Waals surface area contributed by atoms with Gasteiger partial charge in [0.25, 0.3) is 5.91 Å². The van der Waals surface area contributed by atoms with Gasteiger partial charge in [0.15, 0.2) is 0 Å². The largest absolute Gasteiger partial charge is 0.355 e. The molecule has 6 heteroatoms. The van der Waals surface area contributed by atoms with Gasteiger partial charge in [-0.25, -0.2) is 4.39 Å². The van der Waals surface area contributed by atoms with Gasteiger partial charge >= 0.3 is 0 Å². The molecule has 2 amide bonds. The molecule has 2 saturated heterocycles. The third-order valence-corrected chi connectivity index (χ3v) is 6.41. The molecule has 5 nitrogen and oxygen atoms in total. The molecule has 1 atom stereocenters. The molecular weight excluding hydrogens is 393 g/mol. The van der Waals surface area contributed by atoms with Crippen LogP contribution in [0.4, 0.5) is 4.39 Å². The lowest BCUT2D eigenvalue weighted by Gasteiger charge is -2.41. The zero-order valence-corrected chi connectivity index (χ0v) is 17.4. The summed E-state index contributed by atoms with van der Waals surface area (Å²) in [5.41, 5.74) is 1.39. The quantitative estimate of drug-likeness (QED) is 0.748. The fourth-order valence-corrected chi connectivity index (χ4v) is 4.63. The molecule has 31 heavy (non-hydrogen) atoms. The van der Waals surface area contributed by atoms with Crippen LogP contribution in [0.3, 0.4) is 0 Å². The number of carbonyl (C=O) groups is 2. The molecule has 2 aromatic carbocycles. The predicted molar refractivity (Wildman–Crippen MR) is 117 cm³/mol. The van der Waals surface area contributed by atoms with E-state index in [1.807, 2.05) is 30.3 Å². The Bertz CT molecular complexity index is 987. The van der Waals surface area contributed by atoms with Gasteiger partial charge in [0.2, 0.25) is 5.91 Å². The van der Waals surface area contributed by atoms with Crippen LogP contribution in [0.25, 0.3) is 0 Å². The molecule has 0 saturated carbocycles. The van der Waals surface area contributed by atoms with Gasteiger partial charge in [0.05, 0.1) is 5.41 Å². The van der Waals surface area contributed by atoms with Crippen molar-refractivity contribution in [3.63, 3.8) is 0 Å². The molecule has 2 aromatic rings. The van der Waals surface area contributed by atoms with Crippen LogP contribution in [0.2, 0.25) is 0 Å². The van der Waals surface area contributed by atoms with Crippen LogP contribution in [-0.2, 0) is 9.59 Å². The Hall–Kier alpha value is -3.17. The Morgan fingerprint density at radius 3 is 2.55 bits per heavy atom. The van der Waals surface area contributed by atoms with Gasteiger partial charge in [-0.15, -0.1) is 0 Å². The summed E-state index contributed by atoms with van der Waals surface area (Å²) in [7, 11) is 0. The van der Waals surface area contributed by atoms with E-state index in [-0.39, 0.29) is 23.5 Å². The highest BCUT2D eigenvalue weighted by Crippen LogP contribution is 2.47. The molecule has 160 valence electrons. The molecule has 4 rings (SSSR count). The van der Waals surface area contributed by atoms with Gasteiger partial charge in [-0.3, -0.25) is 9.59 Å². The summed E-state index contributed by atoms with van der Waals surface area (Å²) in [6.07, 6.45) is 1.51. The van der Waals surface area contributed by atoms with E-state index in [0.717, 1.165) is 43.6 Å². The highest BCUT2D eigenvalue weighted by Gasteiger charge is 2.51. The number of nitrogens with zero attached hydrogens (tertiary/aromatic N) is 1. The van der Waals surface area contributed by atoms with Gasteiger partial charge in [-0.1, -0.05) is 36.3 Å². The van der Waals surface area contributed by atoms with Gasteiger partial charge in [0, 0.05) is 37.0 Å². The summed E-state index contributed by atoms with van der Waals surface area (Å²) in [4.78, 5) is 26.9. The number of carbonyl (C=O) groups excluding carboxylic acids is 2. The Kier molecular flexibility index (Phi) is 6.34. The maximum absolute atomic E-state index is 13.3. The highest BCUT2D eigenvalue weighted by molar-refractivity contribution is 5.94. The van der Waals surface area contributed by atoms with Crippen LogP contribution in [0, 0.1) is 23.1 Å². The summed E-state index contributed by atoms with van der Waals surface area (Å²) in [5.74, 6) is 5.08. The predicted octanol–water partition coefficient (Wildman–Crippen LogP) is 2.29. The standard InChI is InChI=1S/C25H26FN3O2/c26-21-9-7-20(8-10-21)22-18-28-24(31)25(22)12-15-29(16-13-25)17-14-27-23(30)11-6-19-4-2-1-3-5-19/h1-5,7-10,22H,12-18H2,(H,27,30)(H,28,31)/t22-/m1/s1. The number of hydrogen-bond acceptors (Lipinski definition) is 3. The maximum Gasteiger partial charge on any atom is 0.296 e. The van der Waals surface area contributed by atoms with Crippen molar-refractivity contribution in [2.24, 2.45) is 5.41 Å². The topological polar surface area (TPSA) is 61.4 Å². The first-order valence-corrected chi connectivity index (χ1v) is 10.7. The van der Waals surface area contributed by atoms with Crippen molar-refractivity contribution in [1.82, 2.24) is 15.5 Å². The van der Waals surface area contributed by atoms with E-state index >= 15 is 0 Å². The first kappa shape index (κ1) is 21.1. The summed E-state index contributed by atoms with van der Waals surface area (Å²) in [6.45, 7) is 3.41. The van der Waals surface area contributed by atoms with E-state index in [1.165, 1.54) is 12.1 Å². The second-order valence-corrected chi connectivity index (χ2v) is 8.18. The number of nitrogens with one attached hydrogen (secondary N) is 2. The Labute approximate surface area is 182 Å². The van der Waals surface area contributed by atoms with Crippen LogP contribution >= 0.6 is 0 Å². The number of halogens is 1. The van der Waals surface area contributed by atoms with Crippen LogP contribution in [0.15, 0.2) is 54.6 Å². The molecule has 2 N–H and O–H groups in total. The summed E-state index contributed by atoms with van der Waals surface area (Å²) >= 11 is 0. The van der Waals surface area contributed by atoms with Crippen LogP contribution in [-0.4, -0.2) is 49.4 Å². The fourth-order valence-electron chi connectivity index (χ4n) is 4.63. The zero-order chi connectivity index (χ0) is 21.7. The summed E-state index contributed by atoms with van der Waals surface area (Å²) in [5, 5.41) is 5.86. The van der Waals surface area contributed by atoms with Crippen LogP contribution < -0.4 is 10.6 Å². The second kappa shape index (κ2) is 9.32. The smallest absolute Gasteiger partial charge is 0.296 e. The van der Waals surface area contributed by atoms with E-state index in [2.05, 4.69) is 27.4 Å². The molecule has 2 fully saturated rings. The van der Waals surface area contributed by atoms with Gasteiger partial charge in [0.1, 0.15) is 5.82 Å². The van der Waals surface area contributed by atoms with Gasteiger partial charge in [-0.2, -0.15) is 0 Å². The summed E-state index contributed by atoms with van der Waals surface area (Å²) in [6, 6.07) is 15.9. The third-order valence-electron chi connectivity index (χ3n) is 6.41. The van der Waals surface area contributed by atoms with Gasteiger partial charge < -0.3 is 15.5 Å².